The molecule has 1 atom stereocenters. The smallest absolute Gasteiger partial charge is 0.320 e. The summed E-state index contributed by atoms with van der Waals surface area (Å²) in [7, 11) is 0. The Labute approximate surface area is 67.7 Å². The molecule has 0 spiro atoms. The molecule has 0 saturated heterocycles. The van der Waals surface area contributed by atoms with E-state index in [1.54, 1.807) is 11.7 Å². The molecular weight excluding hydrogens is 164 g/mol. The van der Waals surface area contributed by atoms with Crippen LogP contribution in [0.4, 0.5) is 0 Å². The lowest BCUT2D eigenvalue weighted by Gasteiger charge is -2.01. The third-order valence-corrected chi connectivity index (χ3v) is 2.02. The zero-order chi connectivity index (χ0) is 8.27. The molecule has 0 aliphatic heterocycles. The number of carbonyl (C=O) groups is 1. The Kier molecular flexibility index (Phi) is 2.56. The van der Waals surface area contributed by atoms with Crippen molar-refractivity contribution in [1.82, 2.24) is 4.98 Å². The Morgan fingerprint density at radius 1 is 1.91 bits per heavy atom. The van der Waals surface area contributed by atoms with Crippen LogP contribution in [0, 0.1) is 0 Å². The van der Waals surface area contributed by atoms with E-state index in [2.05, 4.69) is 4.98 Å². The normalized spacial score (nSPS) is 12.8. The van der Waals surface area contributed by atoms with Crippen LogP contribution >= 0.6 is 11.3 Å². The SMILES string of the molecule is NC(Cc1cncs1)C(=O)O. The molecule has 5 heteroatoms. The fourth-order valence-corrected chi connectivity index (χ4v) is 1.30. The van der Waals surface area contributed by atoms with Crippen molar-refractivity contribution in [3.05, 3.63) is 16.6 Å². The maximum absolute atomic E-state index is 10.3. The molecule has 1 unspecified atom stereocenters. The summed E-state index contributed by atoms with van der Waals surface area (Å²) in [5, 5.41) is 8.44. The van der Waals surface area contributed by atoms with E-state index < -0.39 is 12.0 Å². The molecule has 1 aromatic heterocycles. The molecular formula is C6H8N2O2S. The molecule has 1 heterocycles. The number of carboxylic acids is 1. The number of thiazole rings is 1. The average Bonchev–Trinajstić information content (AvgIpc) is 2.39. The van der Waals surface area contributed by atoms with Gasteiger partial charge in [-0.15, -0.1) is 11.3 Å². The number of rotatable bonds is 3. The van der Waals surface area contributed by atoms with Gasteiger partial charge in [0, 0.05) is 17.5 Å². The first-order chi connectivity index (χ1) is 5.20. The summed E-state index contributed by atoms with van der Waals surface area (Å²) in [6.07, 6.45) is 1.99. The van der Waals surface area contributed by atoms with Crippen LogP contribution in [0.1, 0.15) is 4.88 Å². The largest absolute Gasteiger partial charge is 0.480 e. The standard InChI is InChI=1S/C6H8N2O2S/c7-5(6(9)10)1-4-2-8-3-11-4/h2-3,5H,1,7H2,(H,9,10). The predicted octanol–water partition coefficient (Wildman–Crippen LogP) is 0.0975. The minimum absolute atomic E-state index is 0.361. The lowest BCUT2D eigenvalue weighted by molar-refractivity contribution is -0.138. The van der Waals surface area contributed by atoms with E-state index in [-0.39, 0.29) is 0 Å². The van der Waals surface area contributed by atoms with E-state index in [4.69, 9.17) is 10.8 Å². The van der Waals surface area contributed by atoms with E-state index in [9.17, 15) is 4.79 Å². The molecule has 0 bridgehead atoms. The van der Waals surface area contributed by atoms with Crippen molar-refractivity contribution in [3.63, 3.8) is 0 Å². The Morgan fingerprint density at radius 3 is 3.09 bits per heavy atom. The number of hydrogen-bond donors (Lipinski definition) is 2. The van der Waals surface area contributed by atoms with Gasteiger partial charge in [-0.3, -0.25) is 9.78 Å². The van der Waals surface area contributed by atoms with Crippen molar-refractivity contribution < 1.29 is 9.90 Å². The summed E-state index contributed by atoms with van der Waals surface area (Å²) < 4.78 is 0. The maximum atomic E-state index is 10.3. The fraction of sp³-hybridized carbons (Fsp3) is 0.333. The van der Waals surface area contributed by atoms with Crippen LogP contribution in [0.3, 0.4) is 0 Å². The van der Waals surface area contributed by atoms with Crippen LogP contribution in [0.5, 0.6) is 0 Å². The average molecular weight is 172 g/mol. The van der Waals surface area contributed by atoms with Gasteiger partial charge in [-0.05, 0) is 0 Å². The summed E-state index contributed by atoms with van der Waals surface area (Å²) in [6, 6.07) is -0.810. The van der Waals surface area contributed by atoms with E-state index in [1.165, 1.54) is 11.3 Å². The minimum atomic E-state index is -0.974. The minimum Gasteiger partial charge on any atom is -0.480 e. The van der Waals surface area contributed by atoms with Crippen LogP contribution in [0.2, 0.25) is 0 Å². The van der Waals surface area contributed by atoms with Gasteiger partial charge in [-0.25, -0.2) is 0 Å². The molecule has 0 amide bonds. The van der Waals surface area contributed by atoms with Gasteiger partial charge < -0.3 is 10.8 Å². The highest BCUT2D eigenvalue weighted by molar-refractivity contribution is 7.09. The lowest BCUT2D eigenvalue weighted by Crippen LogP contribution is -2.31. The van der Waals surface area contributed by atoms with E-state index in [0.29, 0.717) is 6.42 Å². The molecule has 11 heavy (non-hydrogen) atoms. The van der Waals surface area contributed by atoms with Gasteiger partial charge in [-0.2, -0.15) is 0 Å². The van der Waals surface area contributed by atoms with Crippen molar-refractivity contribution in [3.8, 4) is 0 Å². The zero-order valence-corrected chi connectivity index (χ0v) is 6.54. The van der Waals surface area contributed by atoms with Gasteiger partial charge in [0.25, 0.3) is 0 Å². The van der Waals surface area contributed by atoms with Crippen LogP contribution in [-0.2, 0) is 11.2 Å². The van der Waals surface area contributed by atoms with Crippen molar-refractivity contribution in [1.29, 1.82) is 0 Å². The Hall–Kier alpha value is -0.940. The molecule has 60 valence electrons. The van der Waals surface area contributed by atoms with Crippen LogP contribution in [0.25, 0.3) is 0 Å². The Bertz CT molecular complexity index is 235. The third-order valence-electron chi connectivity index (χ3n) is 1.22. The number of aromatic nitrogens is 1. The van der Waals surface area contributed by atoms with Crippen LogP contribution in [-0.4, -0.2) is 22.1 Å². The second-order valence-electron chi connectivity index (χ2n) is 2.12. The monoisotopic (exact) mass is 172 g/mol. The molecule has 1 rings (SSSR count). The number of hydrogen-bond acceptors (Lipinski definition) is 4. The molecule has 3 N–H and O–H groups in total. The molecule has 0 aliphatic rings. The Balaban J connectivity index is 2.50. The molecule has 0 saturated carbocycles. The topological polar surface area (TPSA) is 76.2 Å². The van der Waals surface area contributed by atoms with E-state index in [0.717, 1.165) is 4.88 Å². The zero-order valence-electron chi connectivity index (χ0n) is 5.73. The first kappa shape index (κ1) is 8.16. The van der Waals surface area contributed by atoms with Gasteiger partial charge >= 0.3 is 5.97 Å². The quantitative estimate of drug-likeness (QED) is 0.677. The molecule has 0 fully saturated rings. The first-order valence-electron chi connectivity index (χ1n) is 3.06. The number of nitrogens with zero attached hydrogens (tertiary/aromatic N) is 1. The highest BCUT2D eigenvalue weighted by atomic mass is 32.1. The van der Waals surface area contributed by atoms with E-state index in [1.807, 2.05) is 0 Å². The maximum Gasteiger partial charge on any atom is 0.320 e. The number of carboxylic acid groups (broad SMARTS) is 1. The van der Waals surface area contributed by atoms with Crippen LogP contribution < -0.4 is 5.73 Å². The fourth-order valence-electron chi connectivity index (χ4n) is 0.647. The lowest BCUT2D eigenvalue weighted by atomic mass is 10.2. The molecule has 1 aromatic rings. The summed E-state index contributed by atoms with van der Waals surface area (Å²) in [4.78, 5) is 15.0. The van der Waals surface area contributed by atoms with Crippen molar-refractivity contribution in [2.45, 2.75) is 12.5 Å². The molecule has 0 aliphatic carbocycles. The molecule has 4 nitrogen and oxygen atoms in total. The third kappa shape index (κ3) is 2.28. The molecule has 0 aromatic carbocycles. The van der Waals surface area contributed by atoms with E-state index >= 15 is 0 Å². The highest BCUT2D eigenvalue weighted by Crippen LogP contribution is 2.07. The van der Waals surface area contributed by atoms with Crippen LogP contribution in [0.15, 0.2) is 11.7 Å². The van der Waals surface area contributed by atoms with Crippen molar-refractivity contribution in [2.24, 2.45) is 5.73 Å². The summed E-state index contributed by atoms with van der Waals surface area (Å²) >= 11 is 1.41. The first-order valence-corrected chi connectivity index (χ1v) is 3.94. The van der Waals surface area contributed by atoms with Gasteiger partial charge in [0.15, 0.2) is 0 Å². The summed E-state index contributed by atoms with van der Waals surface area (Å²) in [5.41, 5.74) is 6.94. The Morgan fingerprint density at radius 2 is 2.64 bits per heavy atom. The number of aliphatic carboxylic acids is 1. The van der Waals surface area contributed by atoms with Crippen molar-refractivity contribution >= 4 is 17.3 Å². The van der Waals surface area contributed by atoms with Gasteiger partial charge in [-0.1, -0.05) is 0 Å². The second kappa shape index (κ2) is 3.45. The van der Waals surface area contributed by atoms with Crippen molar-refractivity contribution in [2.75, 3.05) is 0 Å². The van der Waals surface area contributed by atoms with Gasteiger partial charge in [0.1, 0.15) is 6.04 Å². The second-order valence-corrected chi connectivity index (χ2v) is 3.09. The summed E-state index contributed by atoms with van der Waals surface area (Å²) in [6.45, 7) is 0. The van der Waals surface area contributed by atoms with Gasteiger partial charge in [0.05, 0.1) is 5.51 Å². The highest BCUT2D eigenvalue weighted by Gasteiger charge is 2.12. The number of nitrogens with two attached hydrogens (primary N) is 1. The summed E-state index contributed by atoms with van der Waals surface area (Å²) in [5.74, 6) is -0.974. The predicted molar refractivity (Wildman–Crippen MR) is 41.4 cm³/mol. The van der Waals surface area contributed by atoms with Gasteiger partial charge in [0.2, 0.25) is 0 Å². The molecule has 0 radical (unpaired) electrons.